The van der Waals surface area contributed by atoms with E-state index in [0.717, 1.165) is 18.4 Å². The van der Waals surface area contributed by atoms with Gasteiger partial charge in [0.15, 0.2) is 0 Å². The van der Waals surface area contributed by atoms with Gasteiger partial charge in [0.05, 0.1) is 5.02 Å². The number of aromatic hydroxyl groups is 1. The Bertz CT molecular complexity index is 307. The number of benzene rings is 1. The number of fused-ring (bicyclic) bond motifs is 1. The monoisotopic (exact) mass is 182 g/mol. The first-order chi connectivity index (χ1) is 5.79. The van der Waals surface area contributed by atoms with Gasteiger partial charge in [0, 0.05) is 0 Å². The minimum Gasteiger partial charge on any atom is -0.506 e. The second kappa shape index (κ2) is 2.98. The standard InChI is InChI=1S/C10H11ClO/c11-9-6-5-7-3-1-2-4-8(7)10(9)12/h5-6,12H,1-4H2. The quantitative estimate of drug-likeness (QED) is 0.654. The average Bonchev–Trinajstić information content (AvgIpc) is 2.12. The van der Waals surface area contributed by atoms with Crippen molar-refractivity contribution in [1.29, 1.82) is 0 Å². The van der Waals surface area contributed by atoms with Crippen LogP contribution in [0.25, 0.3) is 0 Å². The Balaban J connectivity index is 2.54. The summed E-state index contributed by atoms with van der Waals surface area (Å²) < 4.78 is 0. The zero-order chi connectivity index (χ0) is 8.55. The van der Waals surface area contributed by atoms with E-state index < -0.39 is 0 Å². The number of halogens is 1. The second-order valence-corrected chi connectivity index (χ2v) is 3.65. The summed E-state index contributed by atoms with van der Waals surface area (Å²) in [6.45, 7) is 0. The summed E-state index contributed by atoms with van der Waals surface area (Å²) in [5, 5.41) is 10.1. The van der Waals surface area contributed by atoms with Gasteiger partial charge < -0.3 is 5.11 Å². The maximum Gasteiger partial charge on any atom is 0.137 e. The van der Waals surface area contributed by atoms with Gasteiger partial charge in [-0.3, -0.25) is 0 Å². The third-order valence-corrected chi connectivity index (χ3v) is 2.76. The summed E-state index contributed by atoms with van der Waals surface area (Å²) in [7, 11) is 0. The molecule has 1 aromatic rings. The molecule has 1 nitrogen and oxygen atoms in total. The molecule has 1 aliphatic rings. The van der Waals surface area contributed by atoms with Crippen LogP contribution in [-0.4, -0.2) is 5.11 Å². The van der Waals surface area contributed by atoms with Crippen molar-refractivity contribution in [3.8, 4) is 5.75 Å². The zero-order valence-electron chi connectivity index (χ0n) is 6.81. The number of rotatable bonds is 0. The summed E-state index contributed by atoms with van der Waals surface area (Å²) in [5.41, 5.74) is 2.33. The third-order valence-electron chi connectivity index (χ3n) is 2.45. The van der Waals surface area contributed by atoms with Crippen LogP contribution in [0.2, 0.25) is 5.02 Å². The molecule has 1 N–H and O–H groups in total. The van der Waals surface area contributed by atoms with Crippen LogP contribution in [0.5, 0.6) is 5.75 Å². The van der Waals surface area contributed by atoms with Crippen molar-refractivity contribution < 1.29 is 5.11 Å². The van der Waals surface area contributed by atoms with E-state index in [-0.39, 0.29) is 0 Å². The number of hydrogen-bond acceptors (Lipinski definition) is 1. The Morgan fingerprint density at radius 2 is 1.92 bits per heavy atom. The molecule has 12 heavy (non-hydrogen) atoms. The van der Waals surface area contributed by atoms with Crippen molar-refractivity contribution in [2.45, 2.75) is 25.7 Å². The van der Waals surface area contributed by atoms with Gasteiger partial charge in [-0.2, -0.15) is 0 Å². The maximum absolute atomic E-state index is 9.61. The van der Waals surface area contributed by atoms with Gasteiger partial charge in [0.25, 0.3) is 0 Å². The van der Waals surface area contributed by atoms with Crippen molar-refractivity contribution in [2.24, 2.45) is 0 Å². The molecule has 0 saturated heterocycles. The van der Waals surface area contributed by atoms with Crippen LogP contribution in [0.4, 0.5) is 0 Å². The van der Waals surface area contributed by atoms with E-state index >= 15 is 0 Å². The molecule has 0 unspecified atom stereocenters. The Kier molecular flexibility index (Phi) is 1.97. The molecule has 2 heteroatoms. The molecule has 0 fully saturated rings. The molecule has 1 aliphatic carbocycles. The fourth-order valence-electron chi connectivity index (χ4n) is 1.78. The first-order valence-corrected chi connectivity index (χ1v) is 4.66. The number of hydrogen-bond donors (Lipinski definition) is 1. The molecule has 0 bridgehead atoms. The van der Waals surface area contributed by atoms with Crippen molar-refractivity contribution in [3.63, 3.8) is 0 Å². The average molecular weight is 183 g/mol. The van der Waals surface area contributed by atoms with E-state index in [2.05, 4.69) is 0 Å². The molecule has 0 aliphatic heterocycles. The Hall–Kier alpha value is -0.690. The minimum absolute atomic E-state index is 0.300. The highest BCUT2D eigenvalue weighted by Crippen LogP contribution is 2.34. The van der Waals surface area contributed by atoms with Gasteiger partial charge in [-0.25, -0.2) is 0 Å². The van der Waals surface area contributed by atoms with Crippen molar-refractivity contribution in [2.75, 3.05) is 0 Å². The lowest BCUT2D eigenvalue weighted by molar-refractivity contribution is 0.462. The van der Waals surface area contributed by atoms with Gasteiger partial charge in [-0.05, 0) is 42.9 Å². The molecule has 2 rings (SSSR count). The van der Waals surface area contributed by atoms with E-state index in [1.54, 1.807) is 6.07 Å². The summed E-state index contributed by atoms with van der Waals surface area (Å²) >= 11 is 5.80. The highest BCUT2D eigenvalue weighted by Gasteiger charge is 2.14. The van der Waals surface area contributed by atoms with E-state index in [1.165, 1.54) is 18.4 Å². The van der Waals surface area contributed by atoms with E-state index in [4.69, 9.17) is 11.6 Å². The molecule has 1 aromatic carbocycles. The summed E-state index contributed by atoms with van der Waals surface area (Å²) in [6.07, 6.45) is 4.46. The lowest BCUT2D eigenvalue weighted by atomic mass is 9.91. The topological polar surface area (TPSA) is 20.2 Å². The van der Waals surface area contributed by atoms with Crippen LogP contribution in [0, 0.1) is 0 Å². The Morgan fingerprint density at radius 3 is 2.75 bits per heavy atom. The van der Waals surface area contributed by atoms with Gasteiger partial charge in [0.2, 0.25) is 0 Å². The van der Waals surface area contributed by atoms with E-state index in [1.807, 2.05) is 6.07 Å². The first kappa shape index (κ1) is 7.93. The Labute approximate surface area is 77.0 Å². The zero-order valence-corrected chi connectivity index (χ0v) is 7.56. The summed E-state index contributed by atoms with van der Waals surface area (Å²) in [4.78, 5) is 0. The molecule has 0 radical (unpaired) electrons. The predicted molar refractivity (Wildman–Crippen MR) is 49.8 cm³/mol. The highest BCUT2D eigenvalue weighted by molar-refractivity contribution is 6.32. The van der Waals surface area contributed by atoms with Crippen molar-refractivity contribution >= 4 is 11.6 Å². The van der Waals surface area contributed by atoms with Crippen LogP contribution in [-0.2, 0) is 12.8 Å². The smallest absolute Gasteiger partial charge is 0.137 e. The van der Waals surface area contributed by atoms with Gasteiger partial charge in [-0.15, -0.1) is 0 Å². The highest BCUT2D eigenvalue weighted by atomic mass is 35.5. The number of phenolic OH excluding ortho intramolecular Hbond substituents is 1. The van der Waals surface area contributed by atoms with E-state index in [0.29, 0.717) is 10.8 Å². The molecular weight excluding hydrogens is 172 g/mol. The normalized spacial score (nSPS) is 15.8. The fraction of sp³-hybridized carbons (Fsp3) is 0.400. The molecule has 0 aromatic heterocycles. The fourth-order valence-corrected chi connectivity index (χ4v) is 1.96. The van der Waals surface area contributed by atoms with Gasteiger partial charge >= 0.3 is 0 Å². The number of aryl methyl sites for hydroxylation is 1. The van der Waals surface area contributed by atoms with Crippen molar-refractivity contribution in [3.05, 3.63) is 28.3 Å². The molecule has 0 spiro atoms. The minimum atomic E-state index is 0.300. The van der Waals surface area contributed by atoms with Crippen molar-refractivity contribution in [1.82, 2.24) is 0 Å². The molecule has 0 amide bonds. The Morgan fingerprint density at radius 1 is 1.17 bits per heavy atom. The van der Waals surface area contributed by atoms with Crippen LogP contribution in [0.1, 0.15) is 24.0 Å². The molecule has 0 saturated carbocycles. The van der Waals surface area contributed by atoms with E-state index in [9.17, 15) is 5.11 Å². The SMILES string of the molecule is Oc1c(Cl)ccc2c1CCCC2. The summed E-state index contributed by atoms with van der Waals surface area (Å²) in [5.74, 6) is 0.300. The molecular formula is C10H11ClO. The lowest BCUT2D eigenvalue weighted by Crippen LogP contribution is -2.02. The van der Waals surface area contributed by atoms with Crippen LogP contribution in [0.3, 0.4) is 0 Å². The lowest BCUT2D eigenvalue weighted by Gasteiger charge is -2.16. The maximum atomic E-state index is 9.61. The number of phenols is 1. The second-order valence-electron chi connectivity index (χ2n) is 3.24. The molecule has 64 valence electrons. The predicted octanol–water partition coefficient (Wildman–Crippen LogP) is 2.92. The largest absolute Gasteiger partial charge is 0.506 e. The first-order valence-electron chi connectivity index (χ1n) is 4.28. The molecule has 0 heterocycles. The van der Waals surface area contributed by atoms with Gasteiger partial charge in [0.1, 0.15) is 5.75 Å². The summed E-state index contributed by atoms with van der Waals surface area (Å²) in [6, 6.07) is 3.80. The third kappa shape index (κ3) is 1.18. The van der Waals surface area contributed by atoms with Gasteiger partial charge in [-0.1, -0.05) is 17.7 Å². The van der Waals surface area contributed by atoms with Crippen LogP contribution < -0.4 is 0 Å². The molecule has 0 atom stereocenters. The van der Waals surface area contributed by atoms with Crippen LogP contribution >= 0.6 is 11.6 Å². The van der Waals surface area contributed by atoms with Crippen LogP contribution in [0.15, 0.2) is 12.1 Å².